The molecule has 0 aromatic carbocycles. The summed E-state index contributed by atoms with van der Waals surface area (Å²) in [6.07, 6.45) is -0.858. The van der Waals surface area contributed by atoms with Crippen molar-refractivity contribution in [2.24, 2.45) is 7.05 Å². The minimum Gasteiger partial charge on any atom is -0.387 e. The average Bonchev–Trinajstić information content (AvgIpc) is 3.33. The molecule has 0 bridgehead atoms. The second-order valence-electron chi connectivity index (χ2n) is 7.14. The number of nitrogen functional groups attached to an aromatic ring is 1. The van der Waals surface area contributed by atoms with E-state index in [4.69, 9.17) is 10.5 Å². The van der Waals surface area contributed by atoms with Crippen LogP contribution in [0.3, 0.4) is 0 Å². The Labute approximate surface area is 170 Å². The zero-order valence-corrected chi connectivity index (χ0v) is 17.1. The predicted molar refractivity (Wildman–Crippen MR) is 105 cm³/mol. The monoisotopic (exact) mass is 421 g/mol. The van der Waals surface area contributed by atoms with Crippen molar-refractivity contribution in [3.05, 3.63) is 18.5 Å². The summed E-state index contributed by atoms with van der Waals surface area (Å²) in [5, 5.41) is 30.1. The normalized spacial score (nSPS) is 24.8. The Balaban J connectivity index is 1.48. The molecule has 0 spiro atoms. The molecule has 0 unspecified atom stereocenters. The van der Waals surface area contributed by atoms with Gasteiger partial charge in [0.05, 0.1) is 19.0 Å². The van der Waals surface area contributed by atoms with Crippen molar-refractivity contribution in [3.63, 3.8) is 0 Å². The van der Waals surface area contributed by atoms with Gasteiger partial charge >= 0.3 is 0 Å². The Hall–Kier alpha value is -2.32. The number of fused-ring (bicyclic) bond motifs is 1. The number of rotatable bonds is 6. The molecule has 4 atom stereocenters. The van der Waals surface area contributed by atoms with Crippen molar-refractivity contribution in [2.75, 3.05) is 25.6 Å². The van der Waals surface area contributed by atoms with Gasteiger partial charge in [-0.05, 0) is 14.1 Å². The molecule has 13 heteroatoms. The molecule has 0 amide bonds. The largest absolute Gasteiger partial charge is 0.387 e. The third-order valence-electron chi connectivity index (χ3n) is 4.76. The van der Waals surface area contributed by atoms with Crippen molar-refractivity contribution in [1.29, 1.82) is 0 Å². The fourth-order valence-electron chi connectivity index (χ4n) is 3.20. The summed E-state index contributed by atoms with van der Waals surface area (Å²) < 4.78 is 9.41. The summed E-state index contributed by atoms with van der Waals surface area (Å²) in [5.74, 6) is 1.47. The molecule has 4 rings (SSSR count). The fraction of sp³-hybridized carbons (Fsp3) is 0.562. The second kappa shape index (κ2) is 7.84. The number of aliphatic hydroxyl groups is 2. The highest BCUT2D eigenvalue weighted by atomic mass is 32.2. The third-order valence-corrected chi connectivity index (χ3v) is 5.87. The van der Waals surface area contributed by atoms with Crippen LogP contribution >= 0.6 is 11.8 Å². The Morgan fingerprint density at radius 1 is 1.21 bits per heavy atom. The van der Waals surface area contributed by atoms with Crippen LogP contribution in [0.25, 0.3) is 11.2 Å². The van der Waals surface area contributed by atoms with E-state index in [1.807, 2.05) is 30.6 Å². The molecule has 3 aromatic rings. The van der Waals surface area contributed by atoms with E-state index >= 15 is 0 Å². The lowest BCUT2D eigenvalue weighted by atomic mass is 10.1. The van der Waals surface area contributed by atoms with Gasteiger partial charge in [-0.25, -0.2) is 15.0 Å². The minimum absolute atomic E-state index is 0.240. The molecular weight excluding hydrogens is 398 g/mol. The summed E-state index contributed by atoms with van der Waals surface area (Å²) in [6, 6.07) is 0. The van der Waals surface area contributed by atoms with Crippen LogP contribution in [0, 0.1) is 0 Å². The Bertz CT molecular complexity index is 1010. The van der Waals surface area contributed by atoms with Crippen molar-refractivity contribution in [2.45, 2.75) is 36.2 Å². The van der Waals surface area contributed by atoms with Crippen LogP contribution in [0.5, 0.6) is 0 Å². The van der Waals surface area contributed by atoms with E-state index in [1.165, 1.54) is 24.4 Å². The van der Waals surface area contributed by atoms with E-state index in [2.05, 4.69) is 25.1 Å². The van der Waals surface area contributed by atoms with Gasteiger partial charge in [0, 0.05) is 12.8 Å². The van der Waals surface area contributed by atoms with Gasteiger partial charge in [-0.1, -0.05) is 11.8 Å². The van der Waals surface area contributed by atoms with E-state index in [1.54, 1.807) is 4.57 Å². The molecule has 1 fully saturated rings. The summed E-state index contributed by atoms with van der Waals surface area (Å²) >= 11 is 1.41. The van der Waals surface area contributed by atoms with E-state index in [0.29, 0.717) is 28.6 Å². The van der Waals surface area contributed by atoms with Crippen LogP contribution < -0.4 is 5.73 Å². The van der Waals surface area contributed by atoms with Crippen molar-refractivity contribution in [1.82, 2.24) is 39.2 Å². The molecule has 1 aliphatic rings. The van der Waals surface area contributed by atoms with Crippen molar-refractivity contribution < 1.29 is 14.9 Å². The molecule has 0 radical (unpaired) electrons. The van der Waals surface area contributed by atoms with Crippen LogP contribution in [0.1, 0.15) is 12.1 Å². The van der Waals surface area contributed by atoms with Gasteiger partial charge in [-0.15, -0.1) is 10.2 Å². The molecular formula is C16H23N9O3S. The highest BCUT2D eigenvalue weighted by molar-refractivity contribution is 7.99. The summed E-state index contributed by atoms with van der Waals surface area (Å²) in [5.41, 5.74) is 6.67. The van der Waals surface area contributed by atoms with Gasteiger partial charge in [-0.3, -0.25) is 4.57 Å². The molecule has 4 N–H and O–H groups in total. The molecule has 29 heavy (non-hydrogen) atoms. The van der Waals surface area contributed by atoms with Gasteiger partial charge in [0.2, 0.25) is 0 Å². The Morgan fingerprint density at radius 3 is 2.76 bits per heavy atom. The maximum absolute atomic E-state index is 10.5. The molecule has 1 aliphatic heterocycles. The minimum atomic E-state index is -1.14. The van der Waals surface area contributed by atoms with E-state index in [9.17, 15) is 10.2 Å². The smallest absolute Gasteiger partial charge is 0.191 e. The summed E-state index contributed by atoms with van der Waals surface area (Å²) in [7, 11) is 5.82. The van der Waals surface area contributed by atoms with E-state index in [-0.39, 0.29) is 5.82 Å². The SMILES string of the molecule is CN(C)Cc1nnc(SC[C@H]2O[C@@H](n3cnc4c(N)ncnc43)[C@H](O)[C@@H]2O)n1C. The number of hydrogen-bond acceptors (Lipinski definition) is 11. The number of aliphatic hydroxyl groups excluding tert-OH is 2. The number of anilines is 1. The lowest BCUT2D eigenvalue weighted by molar-refractivity contribution is -0.0289. The van der Waals surface area contributed by atoms with Crippen LogP contribution in [0.2, 0.25) is 0 Å². The lowest BCUT2D eigenvalue weighted by Gasteiger charge is -2.16. The first-order chi connectivity index (χ1) is 13.9. The van der Waals surface area contributed by atoms with Crippen molar-refractivity contribution in [3.8, 4) is 0 Å². The summed E-state index contributed by atoms with van der Waals surface area (Å²) in [6.45, 7) is 0.673. The number of thioether (sulfide) groups is 1. The number of aromatic nitrogens is 7. The highest BCUT2D eigenvalue weighted by Gasteiger charge is 2.44. The van der Waals surface area contributed by atoms with Gasteiger partial charge in [0.15, 0.2) is 22.8 Å². The molecule has 12 nitrogen and oxygen atoms in total. The predicted octanol–water partition coefficient (Wildman–Crippen LogP) is -0.990. The van der Waals surface area contributed by atoms with Crippen LogP contribution in [-0.2, 0) is 18.3 Å². The van der Waals surface area contributed by atoms with Gasteiger partial charge in [0.25, 0.3) is 0 Å². The quantitative estimate of drug-likeness (QED) is 0.420. The average molecular weight is 421 g/mol. The zero-order valence-electron chi connectivity index (χ0n) is 16.2. The Kier molecular flexibility index (Phi) is 5.40. The molecule has 0 aliphatic carbocycles. The van der Waals surface area contributed by atoms with Gasteiger partial charge in [-0.2, -0.15) is 0 Å². The first kappa shape index (κ1) is 20.0. The van der Waals surface area contributed by atoms with Gasteiger partial charge < -0.3 is 30.2 Å². The molecule has 4 heterocycles. The number of imidazole rings is 1. The maximum Gasteiger partial charge on any atom is 0.191 e. The van der Waals surface area contributed by atoms with E-state index < -0.39 is 24.5 Å². The maximum atomic E-state index is 10.5. The van der Waals surface area contributed by atoms with Crippen LogP contribution in [0.4, 0.5) is 5.82 Å². The number of nitrogens with zero attached hydrogens (tertiary/aromatic N) is 8. The fourth-order valence-corrected chi connectivity index (χ4v) is 4.19. The number of ether oxygens (including phenoxy) is 1. The highest BCUT2D eigenvalue weighted by Crippen LogP contribution is 2.34. The first-order valence-electron chi connectivity index (χ1n) is 8.97. The van der Waals surface area contributed by atoms with Crippen LogP contribution in [-0.4, -0.2) is 87.6 Å². The third kappa shape index (κ3) is 3.67. The molecule has 1 saturated heterocycles. The Morgan fingerprint density at radius 2 is 2.00 bits per heavy atom. The zero-order chi connectivity index (χ0) is 20.7. The molecule has 0 saturated carbocycles. The van der Waals surface area contributed by atoms with E-state index in [0.717, 1.165) is 5.82 Å². The summed E-state index contributed by atoms with van der Waals surface area (Å²) in [4.78, 5) is 14.3. The lowest BCUT2D eigenvalue weighted by Crippen LogP contribution is -2.32. The standard InChI is InChI=1S/C16H23N9O3S/c1-23(2)4-9-21-22-16(24(9)3)29-5-8-11(26)12(27)15(28-8)25-7-20-10-13(17)18-6-19-14(10)25/h6-8,11-12,15,26-27H,4-5H2,1-3H3,(H2,17,18,19)/t8-,11-,12-,15-/m1/s1. The number of nitrogens with two attached hydrogens (primary N) is 1. The molecule has 156 valence electrons. The first-order valence-corrected chi connectivity index (χ1v) is 9.95. The van der Waals surface area contributed by atoms with Crippen LogP contribution in [0.15, 0.2) is 17.8 Å². The topological polar surface area (TPSA) is 153 Å². The number of hydrogen-bond donors (Lipinski definition) is 3. The van der Waals surface area contributed by atoms with Gasteiger partial charge in [0.1, 0.15) is 29.9 Å². The van der Waals surface area contributed by atoms with Crippen molar-refractivity contribution >= 4 is 28.7 Å². The second-order valence-corrected chi connectivity index (χ2v) is 8.12. The molecule has 3 aromatic heterocycles.